The van der Waals surface area contributed by atoms with Crippen LogP contribution in [0.4, 0.5) is 0 Å². The maximum Gasteiger partial charge on any atom is 0.0931 e. The van der Waals surface area contributed by atoms with Crippen molar-refractivity contribution >= 4 is 22.9 Å². The lowest BCUT2D eigenvalue weighted by atomic mass is 9.90. The Kier molecular flexibility index (Phi) is 5.48. The van der Waals surface area contributed by atoms with Crippen LogP contribution in [-0.4, -0.2) is 12.1 Å². The number of hydrogen-bond donors (Lipinski definition) is 1. The zero-order valence-corrected chi connectivity index (χ0v) is 14.8. The van der Waals surface area contributed by atoms with Crippen LogP contribution in [0, 0.1) is 6.92 Å². The van der Waals surface area contributed by atoms with E-state index in [1.54, 1.807) is 11.3 Å². The van der Waals surface area contributed by atoms with Crippen LogP contribution in [0.5, 0.6) is 0 Å². The van der Waals surface area contributed by atoms with E-state index in [0.717, 1.165) is 17.3 Å². The summed E-state index contributed by atoms with van der Waals surface area (Å²) in [5.41, 5.74) is 2.92. The van der Waals surface area contributed by atoms with Crippen molar-refractivity contribution in [2.75, 3.05) is 6.54 Å². The molecular weight excluding hydrogens is 298 g/mol. The number of hydrogen-bond acceptors (Lipinski definition) is 2. The van der Waals surface area contributed by atoms with Crippen molar-refractivity contribution in [2.24, 2.45) is 0 Å². The monoisotopic (exact) mass is 321 g/mol. The van der Waals surface area contributed by atoms with E-state index >= 15 is 0 Å². The van der Waals surface area contributed by atoms with E-state index in [9.17, 15) is 0 Å². The zero-order valence-electron chi connectivity index (χ0n) is 13.2. The highest BCUT2D eigenvalue weighted by Gasteiger charge is 2.18. The van der Waals surface area contributed by atoms with Crippen LogP contribution in [0.3, 0.4) is 0 Å². The summed E-state index contributed by atoms with van der Waals surface area (Å²) in [6.07, 6.45) is 1.03. The number of nitrogens with one attached hydrogen (secondary N) is 1. The lowest BCUT2D eigenvalue weighted by Gasteiger charge is -2.26. The first-order valence-electron chi connectivity index (χ1n) is 7.40. The van der Waals surface area contributed by atoms with Gasteiger partial charge in [-0.2, -0.15) is 0 Å². The number of thiophene rings is 1. The van der Waals surface area contributed by atoms with Crippen molar-refractivity contribution in [2.45, 2.75) is 45.6 Å². The molecule has 0 amide bonds. The van der Waals surface area contributed by atoms with Crippen LogP contribution in [0.1, 0.15) is 42.7 Å². The molecule has 1 unspecified atom stereocenters. The summed E-state index contributed by atoms with van der Waals surface area (Å²) in [6, 6.07) is 12.8. The van der Waals surface area contributed by atoms with Crippen LogP contribution in [-0.2, 0) is 6.42 Å². The fourth-order valence-electron chi connectivity index (χ4n) is 2.47. The standard InChI is InChI=1S/C18H24ClNS/c1-13-7-5-6-8-16(13)14(12-20-18(2,3)4)11-15-9-10-17(19)21-15/h5-10,14,20H,11-12H2,1-4H3. The van der Waals surface area contributed by atoms with Crippen molar-refractivity contribution < 1.29 is 0 Å². The molecule has 0 aliphatic rings. The first-order chi connectivity index (χ1) is 9.85. The Morgan fingerprint density at radius 2 is 1.86 bits per heavy atom. The molecule has 114 valence electrons. The van der Waals surface area contributed by atoms with Gasteiger partial charge in [0.1, 0.15) is 0 Å². The highest BCUT2D eigenvalue weighted by molar-refractivity contribution is 7.16. The minimum atomic E-state index is 0.133. The van der Waals surface area contributed by atoms with Crippen LogP contribution >= 0.6 is 22.9 Å². The molecule has 0 aliphatic carbocycles. The Morgan fingerprint density at radius 3 is 2.43 bits per heavy atom. The molecule has 0 aliphatic heterocycles. The molecule has 1 aromatic heterocycles. The molecule has 0 spiro atoms. The summed E-state index contributed by atoms with van der Waals surface area (Å²) in [7, 11) is 0. The Hall–Kier alpha value is -0.830. The van der Waals surface area contributed by atoms with E-state index in [2.05, 4.69) is 63.3 Å². The largest absolute Gasteiger partial charge is 0.311 e. The average Bonchev–Trinajstić information content (AvgIpc) is 2.80. The molecule has 0 radical (unpaired) electrons. The summed E-state index contributed by atoms with van der Waals surface area (Å²) in [5.74, 6) is 0.472. The van der Waals surface area contributed by atoms with E-state index in [1.165, 1.54) is 16.0 Å². The number of halogens is 1. The van der Waals surface area contributed by atoms with E-state index in [-0.39, 0.29) is 5.54 Å². The second-order valence-corrected chi connectivity index (χ2v) is 8.39. The van der Waals surface area contributed by atoms with Crippen LogP contribution in [0.25, 0.3) is 0 Å². The quantitative estimate of drug-likeness (QED) is 0.774. The van der Waals surface area contributed by atoms with Gasteiger partial charge in [-0.25, -0.2) is 0 Å². The summed E-state index contributed by atoms with van der Waals surface area (Å²) in [6.45, 7) is 9.81. The second-order valence-electron chi connectivity index (χ2n) is 6.59. The Labute approximate surface area is 137 Å². The molecule has 1 atom stereocenters. The maximum atomic E-state index is 6.07. The first kappa shape index (κ1) is 16.5. The fraction of sp³-hybridized carbons (Fsp3) is 0.444. The molecule has 2 aromatic rings. The first-order valence-corrected chi connectivity index (χ1v) is 8.59. The normalized spacial score (nSPS) is 13.4. The highest BCUT2D eigenvalue weighted by Crippen LogP contribution is 2.29. The third-order valence-electron chi connectivity index (χ3n) is 3.58. The smallest absolute Gasteiger partial charge is 0.0931 e. The fourth-order valence-corrected chi connectivity index (χ4v) is 3.64. The molecule has 0 saturated carbocycles. The van der Waals surface area contributed by atoms with Crippen molar-refractivity contribution in [3.63, 3.8) is 0 Å². The molecule has 1 nitrogen and oxygen atoms in total. The minimum absolute atomic E-state index is 0.133. The summed E-state index contributed by atoms with van der Waals surface area (Å²) >= 11 is 7.76. The van der Waals surface area contributed by atoms with E-state index in [0.29, 0.717) is 5.92 Å². The number of rotatable bonds is 5. The van der Waals surface area contributed by atoms with Crippen molar-refractivity contribution in [3.8, 4) is 0 Å². The number of benzene rings is 1. The van der Waals surface area contributed by atoms with E-state index in [1.807, 2.05) is 6.07 Å². The summed E-state index contributed by atoms with van der Waals surface area (Å²) in [5, 5.41) is 3.65. The molecule has 3 heteroatoms. The van der Waals surface area contributed by atoms with Gasteiger partial charge in [-0.1, -0.05) is 35.9 Å². The summed E-state index contributed by atoms with van der Waals surface area (Å²) < 4.78 is 0.873. The van der Waals surface area contributed by atoms with Gasteiger partial charge in [0.15, 0.2) is 0 Å². The van der Waals surface area contributed by atoms with Gasteiger partial charge in [0.25, 0.3) is 0 Å². The minimum Gasteiger partial charge on any atom is -0.311 e. The van der Waals surface area contributed by atoms with Crippen LogP contribution < -0.4 is 5.32 Å². The Balaban J connectivity index is 2.19. The van der Waals surface area contributed by atoms with Gasteiger partial charge in [-0.05, 0) is 57.4 Å². The molecular formula is C18H24ClNS. The molecule has 1 heterocycles. The van der Waals surface area contributed by atoms with E-state index < -0.39 is 0 Å². The topological polar surface area (TPSA) is 12.0 Å². The lowest BCUT2D eigenvalue weighted by Crippen LogP contribution is -2.39. The van der Waals surface area contributed by atoms with E-state index in [4.69, 9.17) is 11.6 Å². The summed E-state index contributed by atoms with van der Waals surface area (Å²) in [4.78, 5) is 1.35. The second kappa shape index (κ2) is 6.95. The molecule has 1 N–H and O–H groups in total. The highest BCUT2D eigenvalue weighted by atomic mass is 35.5. The predicted octanol–water partition coefficient (Wildman–Crippen LogP) is 5.42. The lowest BCUT2D eigenvalue weighted by molar-refractivity contribution is 0.405. The molecule has 0 bridgehead atoms. The zero-order chi connectivity index (χ0) is 15.5. The molecule has 0 saturated heterocycles. The van der Waals surface area contributed by atoms with Gasteiger partial charge in [-0.3, -0.25) is 0 Å². The predicted molar refractivity (Wildman–Crippen MR) is 94.7 cm³/mol. The average molecular weight is 322 g/mol. The third kappa shape index (κ3) is 5.14. The molecule has 0 fully saturated rings. The maximum absolute atomic E-state index is 6.07. The number of aryl methyl sites for hydroxylation is 1. The SMILES string of the molecule is Cc1ccccc1C(CNC(C)(C)C)Cc1ccc(Cl)s1. The van der Waals surface area contributed by atoms with Gasteiger partial charge in [0.2, 0.25) is 0 Å². The van der Waals surface area contributed by atoms with Gasteiger partial charge in [-0.15, -0.1) is 11.3 Å². The van der Waals surface area contributed by atoms with Gasteiger partial charge < -0.3 is 5.32 Å². The third-order valence-corrected chi connectivity index (χ3v) is 4.84. The van der Waals surface area contributed by atoms with Gasteiger partial charge in [0, 0.05) is 22.9 Å². The van der Waals surface area contributed by atoms with Crippen molar-refractivity contribution in [3.05, 3.63) is 56.7 Å². The molecule has 21 heavy (non-hydrogen) atoms. The van der Waals surface area contributed by atoms with Gasteiger partial charge in [0.05, 0.1) is 4.34 Å². The molecule has 1 aromatic carbocycles. The van der Waals surface area contributed by atoms with Crippen molar-refractivity contribution in [1.82, 2.24) is 5.32 Å². The Bertz CT molecular complexity index is 583. The van der Waals surface area contributed by atoms with Crippen LogP contribution in [0.2, 0.25) is 4.34 Å². The molecule has 2 rings (SSSR count). The van der Waals surface area contributed by atoms with Gasteiger partial charge >= 0.3 is 0 Å². The van der Waals surface area contributed by atoms with Crippen molar-refractivity contribution in [1.29, 1.82) is 0 Å². The Morgan fingerprint density at radius 1 is 1.14 bits per heavy atom. The van der Waals surface area contributed by atoms with Crippen LogP contribution in [0.15, 0.2) is 36.4 Å².